The van der Waals surface area contributed by atoms with Gasteiger partial charge in [-0.05, 0) is 69.8 Å². The van der Waals surface area contributed by atoms with Gasteiger partial charge in [0.05, 0.1) is 13.1 Å². The molecule has 0 spiro atoms. The Hall–Kier alpha value is -4.58. The van der Waals surface area contributed by atoms with Gasteiger partial charge in [-0.25, -0.2) is 18.3 Å². The first kappa shape index (κ1) is 27.6. The van der Waals surface area contributed by atoms with E-state index in [4.69, 9.17) is 0 Å². The standard InChI is InChI=1S/C36H38N4O2/c1-3-5-15-37-17-19-39(25-37)23-27-7-11-31-29(21-27)9-13-33(41)35(31)36-32-12-8-28(22-30(32)10-14-34(36)42)24-40-20-18-38(26-40)16-6-4-2/h7-14,17-22,25-26H,3-6,15-16,23-24H2,1-2H3/p+2. The van der Waals surface area contributed by atoms with E-state index in [1.165, 1.54) is 36.8 Å². The Morgan fingerprint density at radius 3 is 1.48 bits per heavy atom. The van der Waals surface area contributed by atoms with Crippen molar-refractivity contribution in [2.45, 2.75) is 65.7 Å². The topological polar surface area (TPSA) is 58.1 Å². The highest BCUT2D eigenvalue weighted by molar-refractivity contribution is 6.09. The van der Waals surface area contributed by atoms with Crippen LogP contribution >= 0.6 is 0 Å². The summed E-state index contributed by atoms with van der Waals surface area (Å²) in [5.74, 6) is 0.321. The molecule has 2 N–H and O–H groups in total. The quantitative estimate of drug-likeness (QED) is 0.169. The number of fused-ring (bicyclic) bond motifs is 2. The number of aromatic hydroxyl groups is 2. The number of nitrogens with zero attached hydrogens (tertiary/aromatic N) is 4. The molecule has 0 radical (unpaired) electrons. The maximum absolute atomic E-state index is 11.1. The summed E-state index contributed by atoms with van der Waals surface area (Å²) in [6.07, 6.45) is 17.5. The zero-order valence-corrected chi connectivity index (χ0v) is 24.6. The second kappa shape index (κ2) is 12.1. The minimum absolute atomic E-state index is 0.161. The van der Waals surface area contributed by atoms with Gasteiger partial charge >= 0.3 is 0 Å². The van der Waals surface area contributed by atoms with Gasteiger partial charge in [-0.1, -0.05) is 63.1 Å². The summed E-state index contributed by atoms with van der Waals surface area (Å²) >= 11 is 0. The predicted molar refractivity (Wildman–Crippen MR) is 167 cm³/mol. The number of hydrogen-bond donors (Lipinski definition) is 2. The summed E-state index contributed by atoms with van der Waals surface area (Å²) in [6.45, 7) is 8.03. The molecule has 0 aliphatic carbocycles. The van der Waals surface area contributed by atoms with E-state index in [0.717, 1.165) is 47.7 Å². The summed E-state index contributed by atoms with van der Waals surface area (Å²) in [7, 11) is 0. The van der Waals surface area contributed by atoms with Gasteiger partial charge in [0.15, 0.2) is 0 Å². The van der Waals surface area contributed by atoms with E-state index < -0.39 is 0 Å². The van der Waals surface area contributed by atoms with E-state index in [0.29, 0.717) is 11.1 Å². The molecule has 6 rings (SSSR count). The molecule has 0 bridgehead atoms. The molecular weight excluding hydrogens is 520 g/mol. The SMILES string of the molecule is CCCCn1cc[n+](Cc2ccc3c(-c4c(O)ccc5cc(C[n+]6ccn(CCCC)c6)ccc45)c(O)ccc3c2)c1. The Bertz CT molecular complexity index is 1710. The van der Waals surface area contributed by atoms with Gasteiger partial charge in [-0.3, -0.25) is 0 Å². The molecule has 6 nitrogen and oxygen atoms in total. The molecule has 2 heterocycles. The molecule has 4 aromatic carbocycles. The van der Waals surface area contributed by atoms with Gasteiger partial charge in [-0.15, -0.1) is 0 Å². The fourth-order valence-corrected chi connectivity index (χ4v) is 5.89. The number of phenolic OH excluding ortho intramolecular Hbond substituents is 2. The van der Waals surface area contributed by atoms with Crippen molar-refractivity contribution in [3.63, 3.8) is 0 Å². The molecule has 0 atom stereocenters. The molecular formula is C36H40N4O2+2. The van der Waals surface area contributed by atoms with Crippen molar-refractivity contribution in [1.29, 1.82) is 0 Å². The molecule has 42 heavy (non-hydrogen) atoms. The Kier molecular flexibility index (Phi) is 7.95. The zero-order chi connectivity index (χ0) is 29.1. The molecule has 0 amide bonds. The lowest BCUT2D eigenvalue weighted by Gasteiger charge is -2.15. The maximum atomic E-state index is 11.1. The summed E-state index contributed by atoms with van der Waals surface area (Å²) in [4.78, 5) is 0. The molecule has 6 aromatic rings. The number of benzene rings is 4. The molecule has 0 aliphatic heterocycles. The van der Waals surface area contributed by atoms with Gasteiger partial charge in [0, 0.05) is 11.1 Å². The third-order valence-corrected chi connectivity index (χ3v) is 8.14. The minimum Gasteiger partial charge on any atom is -0.507 e. The van der Waals surface area contributed by atoms with Crippen LogP contribution in [0.15, 0.2) is 98.1 Å². The molecule has 0 saturated carbocycles. The lowest BCUT2D eigenvalue weighted by atomic mass is 9.91. The van der Waals surface area contributed by atoms with Gasteiger partial charge in [-0.2, -0.15) is 0 Å². The third kappa shape index (κ3) is 5.75. The lowest BCUT2D eigenvalue weighted by Crippen LogP contribution is -2.31. The van der Waals surface area contributed by atoms with Crippen molar-refractivity contribution < 1.29 is 19.3 Å². The smallest absolute Gasteiger partial charge is 0.244 e. The largest absolute Gasteiger partial charge is 0.507 e. The van der Waals surface area contributed by atoms with Crippen molar-refractivity contribution in [3.05, 3.63) is 109 Å². The van der Waals surface area contributed by atoms with Crippen molar-refractivity contribution in [2.24, 2.45) is 0 Å². The fourth-order valence-electron chi connectivity index (χ4n) is 5.89. The van der Waals surface area contributed by atoms with Gasteiger partial charge in [0.25, 0.3) is 0 Å². The second-order valence-corrected chi connectivity index (χ2v) is 11.4. The van der Waals surface area contributed by atoms with Crippen LogP contribution < -0.4 is 9.13 Å². The molecule has 0 aliphatic rings. The van der Waals surface area contributed by atoms with Crippen molar-refractivity contribution in [2.75, 3.05) is 0 Å². The van der Waals surface area contributed by atoms with Crippen LogP contribution in [-0.2, 0) is 26.2 Å². The molecule has 0 unspecified atom stereocenters. The first-order chi connectivity index (χ1) is 20.5. The van der Waals surface area contributed by atoms with Crippen LogP contribution in [0.5, 0.6) is 11.5 Å². The van der Waals surface area contributed by atoms with Crippen LogP contribution in [0, 0.1) is 0 Å². The highest BCUT2D eigenvalue weighted by Gasteiger charge is 2.18. The van der Waals surface area contributed by atoms with E-state index in [-0.39, 0.29) is 11.5 Å². The number of rotatable bonds is 11. The number of phenols is 2. The van der Waals surface area contributed by atoms with Crippen LogP contribution in [0.4, 0.5) is 0 Å². The molecule has 0 fully saturated rings. The van der Waals surface area contributed by atoms with Gasteiger partial charge < -0.3 is 10.2 Å². The minimum atomic E-state index is 0.161. The number of aryl methyl sites for hydroxylation is 2. The highest BCUT2D eigenvalue weighted by atomic mass is 16.3. The average Bonchev–Trinajstić information content (AvgIpc) is 3.64. The fraction of sp³-hybridized carbons (Fsp3) is 0.278. The summed E-state index contributed by atoms with van der Waals surface area (Å²) in [5, 5.41) is 26.1. The normalized spacial score (nSPS) is 11.6. The van der Waals surface area contributed by atoms with Crippen LogP contribution in [-0.4, -0.2) is 19.3 Å². The number of imidazole rings is 2. The summed E-state index contributed by atoms with van der Waals surface area (Å²) in [6, 6.07) is 20.1. The number of aromatic nitrogens is 4. The maximum Gasteiger partial charge on any atom is 0.244 e. The second-order valence-electron chi connectivity index (χ2n) is 11.4. The molecule has 0 saturated heterocycles. The van der Waals surface area contributed by atoms with Gasteiger partial charge in [0.1, 0.15) is 49.4 Å². The van der Waals surface area contributed by atoms with Crippen molar-refractivity contribution in [1.82, 2.24) is 9.13 Å². The summed E-state index contributed by atoms with van der Waals surface area (Å²) in [5.41, 5.74) is 3.70. The van der Waals surface area contributed by atoms with Crippen molar-refractivity contribution >= 4 is 21.5 Å². The lowest BCUT2D eigenvalue weighted by molar-refractivity contribution is -0.688. The first-order valence-corrected chi connectivity index (χ1v) is 15.1. The Morgan fingerprint density at radius 2 is 1.05 bits per heavy atom. The van der Waals surface area contributed by atoms with Crippen LogP contribution in [0.3, 0.4) is 0 Å². The third-order valence-electron chi connectivity index (χ3n) is 8.14. The average molecular weight is 561 g/mol. The Balaban J connectivity index is 1.32. The van der Waals surface area contributed by atoms with E-state index in [2.05, 4.69) is 106 Å². The molecule has 214 valence electrons. The van der Waals surface area contributed by atoms with E-state index >= 15 is 0 Å². The van der Waals surface area contributed by atoms with Crippen molar-refractivity contribution in [3.8, 4) is 22.6 Å². The Labute approximate surface area is 247 Å². The monoisotopic (exact) mass is 560 g/mol. The number of hydrogen-bond acceptors (Lipinski definition) is 2. The van der Waals surface area contributed by atoms with Crippen LogP contribution in [0.1, 0.15) is 50.7 Å². The van der Waals surface area contributed by atoms with Crippen LogP contribution in [0.2, 0.25) is 0 Å². The van der Waals surface area contributed by atoms with E-state index in [1.54, 1.807) is 12.1 Å². The molecule has 6 heteroatoms. The van der Waals surface area contributed by atoms with E-state index in [1.807, 2.05) is 12.1 Å². The number of unbranched alkanes of at least 4 members (excludes halogenated alkanes) is 2. The highest BCUT2D eigenvalue weighted by Crippen LogP contribution is 2.44. The summed E-state index contributed by atoms with van der Waals surface area (Å²) < 4.78 is 8.87. The molecule has 2 aromatic heterocycles. The first-order valence-electron chi connectivity index (χ1n) is 15.1. The van der Waals surface area contributed by atoms with Crippen LogP contribution in [0.25, 0.3) is 32.7 Å². The van der Waals surface area contributed by atoms with E-state index in [9.17, 15) is 10.2 Å². The predicted octanol–water partition coefficient (Wildman–Crippen LogP) is 6.95. The Morgan fingerprint density at radius 1 is 0.595 bits per heavy atom. The zero-order valence-electron chi connectivity index (χ0n) is 24.6. The van der Waals surface area contributed by atoms with Gasteiger partial charge in [0.2, 0.25) is 12.7 Å².